The molecule has 2 rings (SSSR count). The molecule has 2 heterocycles. The molecule has 1 N–H and O–H groups in total. The average Bonchev–Trinajstić information content (AvgIpc) is 2.94. The summed E-state index contributed by atoms with van der Waals surface area (Å²) in [5, 5.41) is 3.95. The molecule has 0 bridgehead atoms. The van der Waals surface area contributed by atoms with E-state index in [2.05, 4.69) is 14.7 Å². The fraction of sp³-hybridized carbons (Fsp3) is 0.455. The van der Waals surface area contributed by atoms with Gasteiger partial charge < -0.3 is 14.5 Å². The predicted octanol–water partition coefficient (Wildman–Crippen LogP) is 2.76. The number of aromatic nitrogens is 2. The Morgan fingerprint density at radius 2 is 2.35 bits per heavy atom. The van der Waals surface area contributed by atoms with Gasteiger partial charge in [-0.1, -0.05) is 0 Å². The number of rotatable bonds is 5. The number of nitrogens with zero attached hydrogens (tertiary/aromatic N) is 2. The first-order valence-corrected chi connectivity index (χ1v) is 6.12. The van der Waals surface area contributed by atoms with Crippen LogP contribution in [0.3, 0.4) is 0 Å². The summed E-state index contributed by atoms with van der Waals surface area (Å²) in [5.41, 5.74) is 0. The minimum absolute atomic E-state index is 0.0762. The molecule has 0 aromatic carbocycles. The largest absolute Gasteiger partial charge is 0.465 e. The normalized spacial score (nSPS) is 12.6. The second kappa shape index (κ2) is 5.29. The zero-order valence-electron chi connectivity index (χ0n) is 10.1. The Morgan fingerprint density at radius 1 is 1.53 bits per heavy atom. The van der Waals surface area contributed by atoms with Gasteiger partial charge in [0, 0.05) is 18.6 Å². The number of anilines is 1. The molecular weight excluding hydrogens is 238 g/mol. The van der Waals surface area contributed by atoms with Crippen molar-refractivity contribution in [3.63, 3.8) is 0 Å². The first kappa shape index (κ1) is 12.1. The van der Waals surface area contributed by atoms with E-state index in [1.165, 1.54) is 11.5 Å². The van der Waals surface area contributed by atoms with E-state index in [0.29, 0.717) is 12.4 Å². The van der Waals surface area contributed by atoms with Crippen molar-refractivity contribution in [1.29, 1.82) is 0 Å². The van der Waals surface area contributed by atoms with Crippen LogP contribution in [-0.2, 0) is 11.3 Å². The summed E-state index contributed by atoms with van der Waals surface area (Å²) in [7, 11) is 1.64. The minimum Gasteiger partial charge on any atom is -0.465 e. The second-order valence-corrected chi connectivity index (χ2v) is 4.45. The van der Waals surface area contributed by atoms with Crippen molar-refractivity contribution in [3.8, 4) is 0 Å². The zero-order chi connectivity index (χ0) is 12.3. The number of ether oxygens (including phenoxy) is 1. The predicted molar refractivity (Wildman–Crippen MR) is 66.1 cm³/mol. The number of aryl methyl sites for hydroxylation is 1. The molecule has 2 aromatic rings. The van der Waals surface area contributed by atoms with Gasteiger partial charge in [0.05, 0.1) is 6.54 Å². The van der Waals surface area contributed by atoms with Crippen LogP contribution in [0.5, 0.6) is 0 Å². The quantitative estimate of drug-likeness (QED) is 0.887. The van der Waals surface area contributed by atoms with Crippen LogP contribution in [0, 0.1) is 6.92 Å². The molecule has 92 valence electrons. The molecule has 0 amide bonds. The molecule has 0 saturated carbocycles. The highest BCUT2D eigenvalue weighted by Gasteiger charge is 2.11. The Balaban J connectivity index is 1.93. The maximum atomic E-state index is 5.45. The highest BCUT2D eigenvalue weighted by atomic mass is 32.1. The molecule has 5 nitrogen and oxygen atoms in total. The molecule has 0 radical (unpaired) electrons. The maximum Gasteiger partial charge on any atom is 0.203 e. The van der Waals surface area contributed by atoms with E-state index in [1.54, 1.807) is 7.11 Å². The van der Waals surface area contributed by atoms with Crippen molar-refractivity contribution in [2.75, 3.05) is 12.4 Å². The van der Waals surface area contributed by atoms with Crippen LogP contribution in [0.15, 0.2) is 16.5 Å². The van der Waals surface area contributed by atoms with Gasteiger partial charge in [-0.3, -0.25) is 0 Å². The lowest BCUT2D eigenvalue weighted by atomic mass is 10.4. The molecule has 0 spiro atoms. The smallest absolute Gasteiger partial charge is 0.203 e. The van der Waals surface area contributed by atoms with E-state index in [4.69, 9.17) is 9.15 Å². The van der Waals surface area contributed by atoms with Crippen LogP contribution in [0.2, 0.25) is 0 Å². The Labute approximate surface area is 104 Å². The molecule has 0 aliphatic rings. The lowest BCUT2D eigenvalue weighted by Gasteiger charge is -2.02. The fourth-order valence-corrected chi connectivity index (χ4v) is 1.96. The van der Waals surface area contributed by atoms with Crippen LogP contribution in [-0.4, -0.2) is 16.5 Å². The molecule has 0 aliphatic carbocycles. The van der Waals surface area contributed by atoms with Crippen LogP contribution < -0.4 is 5.32 Å². The van der Waals surface area contributed by atoms with Crippen LogP contribution >= 0.6 is 11.5 Å². The Bertz CT molecular complexity index is 481. The molecule has 1 atom stereocenters. The molecule has 0 fully saturated rings. The van der Waals surface area contributed by atoms with Gasteiger partial charge in [-0.05, 0) is 26.0 Å². The van der Waals surface area contributed by atoms with Gasteiger partial charge in [0.2, 0.25) is 5.13 Å². The zero-order valence-corrected chi connectivity index (χ0v) is 10.9. The van der Waals surface area contributed by atoms with Crippen molar-refractivity contribution in [1.82, 2.24) is 9.36 Å². The molecule has 17 heavy (non-hydrogen) atoms. The van der Waals surface area contributed by atoms with E-state index in [1.807, 2.05) is 26.0 Å². The number of methoxy groups -OCH3 is 1. The van der Waals surface area contributed by atoms with E-state index < -0.39 is 0 Å². The highest BCUT2D eigenvalue weighted by Crippen LogP contribution is 2.19. The summed E-state index contributed by atoms with van der Waals surface area (Å²) in [5.74, 6) is 2.50. The molecular formula is C11H15N3O2S. The van der Waals surface area contributed by atoms with Crippen LogP contribution in [0.4, 0.5) is 5.13 Å². The Morgan fingerprint density at radius 3 is 3.00 bits per heavy atom. The summed E-state index contributed by atoms with van der Waals surface area (Å²) in [6, 6.07) is 3.89. The van der Waals surface area contributed by atoms with Gasteiger partial charge in [0.15, 0.2) is 5.82 Å². The number of hydrogen-bond acceptors (Lipinski definition) is 6. The van der Waals surface area contributed by atoms with E-state index in [9.17, 15) is 0 Å². The van der Waals surface area contributed by atoms with Crippen molar-refractivity contribution in [2.45, 2.75) is 26.5 Å². The number of nitrogens with one attached hydrogen (secondary N) is 1. The number of hydrogen-bond donors (Lipinski definition) is 1. The van der Waals surface area contributed by atoms with Crippen molar-refractivity contribution in [3.05, 3.63) is 29.5 Å². The SMILES string of the molecule is COC(C)c1nsc(NCc2ccc(C)o2)n1. The number of furan rings is 1. The second-order valence-electron chi connectivity index (χ2n) is 3.70. The molecule has 1 unspecified atom stereocenters. The summed E-state index contributed by atoms with van der Waals surface area (Å²) in [6.07, 6.45) is -0.0762. The van der Waals surface area contributed by atoms with Gasteiger partial charge in [-0.2, -0.15) is 4.37 Å². The molecule has 2 aromatic heterocycles. The fourth-order valence-electron chi connectivity index (χ4n) is 1.32. The van der Waals surface area contributed by atoms with Gasteiger partial charge in [-0.15, -0.1) is 0 Å². The van der Waals surface area contributed by atoms with E-state index in [0.717, 1.165) is 16.7 Å². The Hall–Kier alpha value is -1.40. The van der Waals surface area contributed by atoms with Gasteiger partial charge in [0.1, 0.15) is 17.6 Å². The molecule has 0 saturated heterocycles. The standard InChI is InChI=1S/C11H15N3O2S/c1-7-4-5-9(16-7)6-12-11-13-10(14-17-11)8(2)15-3/h4-5,8H,6H2,1-3H3,(H,12,13,14). The van der Waals surface area contributed by atoms with Crippen molar-refractivity contribution < 1.29 is 9.15 Å². The van der Waals surface area contributed by atoms with Gasteiger partial charge >= 0.3 is 0 Å². The monoisotopic (exact) mass is 253 g/mol. The topological polar surface area (TPSA) is 60.2 Å². The maximum absolute atomic E-state index is 5.45. The summed E-state index contributed by atoms with van der Waals surface area (Å²) in [4.78, 5) is 4.33. The average molecular weight is 253 g/mol. The van der Waals surface area contributed by atoms with Gasteiger partial charge in [-0.25, -0.2) is 4.98 Å². The third-order valence-corrected chi connectivity index (χ3v) is 3.06. The first-order valence-electron chi connectivity index (χ1n) is 5.34. The summed E-state index contributed by atoms with van der Waals surface area (Å²) >= 11 is 1.33. The highest BCUT2D eigenvalue weighted by molar-refractivity contribution is 7.09. The van der Waals surface area contributed by atoms with Crippen molar-refractivity contribution in [2.24, 2.45) is 0 Å². The summed E-state index contributed by atoms with van der Waals surface area (Å²) in [6.45, 7) is 4.46. The van der Waals surface area contributed by atoms with Crippen LogP contribution in [0.1, 0.15) is 30.4 Å². The van der Waals surface area contributed by atoms with E-state index in [-0.39, 0.29) is 6.10 Å². The van der Waals surface area contributed by atoms with Gasteiger partial charge in [0.25, 0.3) is 0 Å². The lowest BCUT2D eigenvalue weighted by molar-refractivity contribution is 0.113. The van der Waals surface area contributed by atoms with Crippen molar-refractivity contribution >= 4 is 16.7 Å². The first-order chi connectivity index (χ1) is 8.19. The molecule has 0 aliphatic heterocycles. The minimum atomic E-state index is -0.0762. The third-order valence-electron chi connectivity index (χ3n) is 2.37. The van der Waals surface area contributed by atoms with Crippen LogP contribution in [0.25, 0.3) is 0 Å². The molecule has 6 heteroatoms. The third kappa shape index (κ3) is 3.04. The lowest BCUT2D eigenvalue weighted by Crippen LogP contribution is -2.00. The summed E-state index contributed by atoms with van der Waals surface area (Å²) < 4.78 is 14.8. The Kier molecular flexibility index (Phi) is 3.75. The van der Waals surface area contributed by atoms with E-state index >= 15 is 0 Å².